The van der Waals surface area contributed by atoms with Crippen molar-refractivity contribution in [2.45, 2.75) is 133 Å². The maximum absolute atomic E-state index is 14.5. The third kappa shape index (κ3) is 10.9. The number of ether oxygens (including phenoxy) is 4. The SMILES string of the molecule is CC(C)(C)OC(=O)N[C@H]1CCCCCC=C[C@@H]2C[C@@]2(C(=O)NS(=O)(=O)C2CC2)NC(=O)C2C[C@@H](OC(=O)N3Cc4ccc(OCCCN5CCOCC5)cc4C3)CN2C1=O. The number of nitrogens with one attached hydrogen (secondary N) is 3. The first-order valence-electron chi connectivity index (χ1n) is 21.5. The van der Waals surface area contributed by atoms with E-state index in [9.17, 15) is 32.4 Å². The number of amides is 5. The second kappa shape index (κ2) is 18.3. The fourth-order valence-corrected chi connectivity index (χ4v) is 9.77. The van der Waals surface area contributed by atoms with E-state index < -0.39 is 80.4 Å². The van der Waals surface area contributed by atoms with Crippen LogP contribution in [0.2, 0.25) is 0 Å². The fourth-order valence-electron chi connectivity index (χ4n) is 8.41. The average Bonchev–Trinajstić information content (AvgIpc) is 4.08. The van der Waals surface area contributed by atoms with E-state index in [-0.39, 0.29) is 32.4 Å². The second-order valence-corrected chi connectivity index (χ2v) is 19.9. The lowest BCUT2D eigenvalue weighted by Crippen LogP contribution is -2.58. The van der Waals surface area contributed by atoms with Crippen LogP contribution in [0.25, 0.3) is 0 Å². The Kier molecular flexibility index (Phi) is 13.3. The molecule has 2 saturated carbocycles. The Hall–Kier alpha value is -4.42. The summed E-state index contributed by atoms with van der Waals surface area (Å²) >= 11 is 0. The average molecular weight is 857 g/mol. The highest BCUT2D eigenvalue weighted by Gasteiger charge is 2.62. The number of carbonyl (C=O) groups excluding carboxylic acids is 5. The summed E-state index contributed by atoms with van der Waals surface area (Å²) in [7, 11) is -3.92. The number of morpholine rings is 1. The van der Waals surface area contributed by atoms with Gasteiger partial charge in [0.2, 0.25) is 21.8 Å². The van der Waals surface area contributed by atoms with Crippen LogP contribution in [0.1, 0.15) is 96.1 Å². The molecule has 4 aliphatic heterocycles. The lowest BCUT2D eigenvalue weighted by Gasteiger charge is -2.30. The van der Waals surface area contributed by atoms with Gasteiger partial charge in [-0.25, -0.2) is 18.0 Å². The number of benzene rings is 1. The zero-order valence-electron chi connectivity index (χ0n) is 34.9. The summed E-state index contributed by atoms with van der Waals surface area (Å²) < 4.78 is 50.9. The first-order chi connectivity index (χ1) is 28.6. The molecule has 60 heavy (non-hydrogen) atoms. The van der Waals surface area contributed by atoms with Crippen LogP contribution in [0, 0.1) is 5.92 Å². The van der Waals surface area contributed by atoms with E-state index in [1.54, 1.807) is 25.7 Å². The van der Waals surface area contributed by atoms with E-state index in [0.29, 0.717) is 38.8 Å². The van der Waals surface area contributed by atoms with Crippen molar-refractivity contribution in [2.75, 3.05) is 46.0 Å². The van der Waals surface area contributed by atoms with Crippen LogP contribution >= 0.6 is 0 Å². The minimum absolute atomic E-state index is 0.0791. The molecule has 0 radical (unpaired) electrons. The molecule has 1 aromatic rings. The molecule has 2 aliphatic carbocycles. The van der Waals surface area contributed by atoms with Gasteiger partial charge in [0.25, 0.3) is 5.91 Å². The molecule has 1 unspecified atom stereocenters. The summed E-state index contributed by atoms with van der Waals surface area (Å²) in [5.74, 6) is -1.80. The van der Waals surface area contributed by atoms with Gasteiger partial charge in [0, 0.05) is 45.1 Å². The van der Waals surface area contributed by atoms with E-state index in [1.165, 1.54) is 4.90 Å². The molecular weight excluding hydrogens is 797 g/mol. The number of fused-ring (bicyclic) bond motifs is 3. The summed E-state index contributed by atoms with van der Waals surface area (Å²) in [6.45, 7) is 10.4. The Morgan fingerprint density at radius 2 is 1.78 bits per heavy atom. The van der Waals surface area contributed by atoms with Crippen LogP contribution in [0.3, 0.4) is 0 Å². The molecule has 17 nitrogen and oxygen atoms in total. The number of rotatable bonds is 10. The van der Waals surface area contributed by atoms with Crippen molar-refractivity contribution in [3.05, 3.63) is 41.5 Å². The predicted octanol–water partition coefficient (Wildman–Crippen LogP) is 3.11. The Morgan fingerprint density at radius 3 is 2.53 bits per heavy atom. The highest BCUT2D eigenvalue weighted by Crippen LogP contribution is 2.46. The maximum Gasteiger partial charge on any atom is 0.410 e. The minimum atomic E-state index is -3.92. The Labute approximate surface area is 352 Å². The van der Waals surface area contributed by atoms with Gasteiger partial charge in [0.05, 0.1) is 31.6 Å². The number of alkyl carbamates (subject to hydrolysis) is 1. The summed E-state index contributed by atoms with van der Waals surface area (Å²) in [5, 5.41) is 4.90. The largest absolute Gasteiger partial charge is 0.494 e. The van der Waals surface area contributed by atoms with Crippen LogP contribution < -0.4 is 20.1 Å². The van der Waals surface area contributed by atoms with Gasteiger partial charge in [0.1, 0.15) is 35.1 Å². The molecule has 3 N–H and O–H groups in total. The van der Waals surface area contributed by atoms with Gasteiger partial charge in [0.15, 0.2) is 0 Å². The Bertz CT molecular complexity index is 1930. The summed E-state index contributed by atoms with van der Waals surface area (Å²) in [4.78, 5) is 74.5. The van der Waals surface area contributed by atoms with Gasteiger partial charge in [-0.3, -0.25) is 28.9 Å². The van der Waals surface area contributed by atoms with Gasteiger partial charge in [-0.05, 0) is 89.0 Å². The lowest BCUT2D eigenvalue weighted by atomic mass is 10.0. The minimum Gasteiger partial charge on any atom is -0.494 e. The monoisotopic (exact) mass is 856 g/mol. The standard InChI is InChI=1S/C42H60N6O11S/c1-41(2,3)59-39(52)43-34-11-8-6-4-5-7-10-30-24-42(30,38(51)45-60(54,55)33-14-15-33)44-36(49)35-23-32(27-48(35)37(34)50)58-40(53)47-25-28-12-13-31(22-29(28)26-47)57-19-9-16-46-17-20-56-21-18-46/h7,10,12-13,22,30,32-35H,4-6,8-9,11,14-21,23-27H2,1-3H3,(H,43,52)(H,44,49)(H,45,51)/t30-,32-,34+,35?,42-/m1/s1. The molecule has 330 valence electrons. The Morgan fingerprint density at radius 1 is 1.02 bits per heavy atom. The third-order valence-electron chi connectivity index (χ3n) is 12.0. The van der Waals surface area contributed by atoms with E-state index in [2.05, 4.69) is 20.3 Å². The van der Waals surface area contributed by atoms with Gasteiger partial charge in [-0.2, -0.15) is 0 Å². The molecule has 5 atom stereocenters. The first-order valence-corrected chi connectivity index (χ1v) is 23.0. The molecule has 1 aromatic carbocycles. The highest BCUT2D eigenvalue weighted by atomic mass is 32.2. The number of carbonyl (C=O) groups is 5. The van der Waals surface area contributed by atoms with Crippen LogP contribution in [-0.2, 0) is 51.7 Å². The number of sulfonamides is 1. The molecule has 5 amide bonds. The van der Waals surface area contributed by atoms with E-state index in [0.717, 1.165) is 69.0 Å². The van der Waals surface area contributed by atoms with Crippen molar-refractivity contribution in [2.24, 2.45) is 5.92 Å². The van der Waals surface area contributed by atoms with Crippen LogP contribution in [-0.4, -0.2) is 134 Å². The van der Waals surface area contributed by atoms with Crippen molar-refractivity contribution < 1.29 is 51.3 Å². The predicted molar refractivity (Wildman–Crippen MR) is 218 cm³/mol. The van der Waals surface area contributed by atoms with Crippen molar-refractivity contribution in [1.82, 2.24) is 30.1 Å². The van der Waals surface area contributed by atoms with Crippen molar-refractivity contribution >= 4 is 39.9 Å². The Balaban J connectivity index is 1.04. The zero-order chi connectivity index (χ0) is 42.7. The van der Waals surface area contributed by atoms with Crippen molar-refractivity contribution in [3.63, 3.8) is 0 Å². The molecule has 18 heteroatoms. The highest BCUT2D eigenvalue weighted by molar-refractivity contribution is 7.91. The quantitative estimate of drug-likeness (QED) is 0.230. The number of allylic oxidation sites excluding steroid dienone is 1. The molecule has 0 bridgehead atoms. The molecule has 7 rings (SSSR count). The zero-order valence-corrected chi connectivity index (χ0v) is 35.8. The molecule has 6 aliphatic rings. The van der Waals surface area contributed by atoms with Gasteiger partial charge < -0.3 is 34.5 Å². The number of hydrogen-bond acceptors (Lipinski definition) is 12. The van der Waals surface area contributed by atoms with Crippen molar-refractivity contribution in [3.8, 4) is 5.75 Å². The molecule has 0 aromatic heterocycles. The third-order valence-corrected chi connectivity index (χ3v) is 13.8. The summed E-state index contributed by atoms with van der Waals surface area (Å²) in [6, 6.07) is 3.52. The smallest absolute Gasteiger partial charge is 0.410 e. The number of hydrogen-bond donors (Lipinski definition) is 3. The first kappa shape index (κ1) is 43.7. The summed E-state index contributed by atoms with van der Waals surface area (Å²) in [5.41, 5.74) is -0.482. The second-order valence-electron chi connectivity index (χ2n) is 17.9. The molecule has 0 spiro atoms. The van der Waals surface area contributed by atoms with Gasteiger partial charge >= 0.3 is 12.2 Å². The molecule has 4 heterocycles. The summed E-state index contributed by atoms with van der Waals surface area (Å²) in [6.07, 6.45) is 6.41. The van der Waals surface area contributed by atoms with Crippen molar-refractivity contribution in [1.29, 1.82) is 0 Å². The van der Waals surface area contributed by atoms with Crippen LogP contribution in [0.4, 0.5) is 9.59 Å². The maximum atomic E-state index is 14.5. The normalized spacial score (nSPS) is 27.6. The van der Waals surface area contributed by atoms with E-state index >= 15 is 0 Å². The van der Waals surface area contributed by atoms with E-state index in [1.807, 2.05) is 30.4 Å². The van der Waals surface area contributed by atoms with Crippen LogP contribution in [0.15, 0.2) is 30.4 Å². The van der Waals surface area contributed by atoms with Gasteiger partial charge in [-0.1, -0.05) is 31.1 Å². The topological polar surface area (TPSA) is 202 Å². The molecule has 4 fully saturated rings. The van der Waals surface area contributed by atoms with E-state index in [4.69, 9.17) is 18.9 Å². The van der Waals surface area contributed by atoms with Gasteiger partial charge in [-0.15, -0.1) is 0 Å². The molecule has 2 saturated heterocycles. The lowest BCUT2D eigenvalue weighted by molar-refractivity contribution is -0.141. The fraction of sp³-hybridized carbons (Fsp3) is 0.690. The number of nitrogens with zero attached hydrogens (tertiary/aromatic N) is 3. The van der Waals surface area contributed by atoms with Crippen LogP contribution in [0.5, 0.6) is 5.75 Å². The molecular formula is C42H60N6O11S.